The Labute approximate surface area is 71.0 Å². The first kappa shape index (κ1) is 8.77. The summed E-state index contributed by atoms with van der Waals surface area (Å²) in [5.74, 6) is 0.376. The zero-order chi connectivity index (χ0) is 9.14. The van der Waals surface area contributed by atoms with Crippen molar-refractivity contribution in [1.29, 1.82) is 0 Å². The van der Waals surface area contributed by atoms with Gasteiger partial charge in [0.2, 0.25) is 0 Å². The van der Waals surface area contributed by atoms with Crippen LogP contribution in [0, 0.1) is 0 Å². The van der Waals surface area contributed by atoms with Crippen LogP contribution in [0.4, 0.5) is 0 Å². The first-order valence-electron chi connectivity index (χ1n) is 3.82. The SMILES string of the molecule is CC(=O)/C(C1=NCCN1)=C(\C)O. The van der Waals surface area contributed by atoms with Crippen LogP contribution >= 0.6 is 0 Å². The summed E-state index contributed by atoms with van der Waals surface area (Å²) >= 11 is 0. The highest BCUT2D eigenvalue weighted by molar-refractivity contribution is 6.21. The lowest BCUT2D eigenvalue weighted by molar-refractivity contribution is -0.113. The van der Waals surface area contributed by atoms with E-state index in [2.05, 4.69) is 10.3 Å². The first-order valence-corrected chi connectivity index (χ1v) is 3.82. The van der Waals surface area contributed by atoms with Crippen molar-refractivity contribution < 1.29 is 9.90 Å². The minimum Gasteiger partial charge on any atom is -0.512 e. The predicted octanol–water partition coefficient (Wildman–Crippen LogP) is 0.409. The van der Waals surface area contributed by atoms with E-state index in [-0.39, 0.29) is 11.5 Å². The molecule has 1 aliphatic rings. The lowest BCUT2D eigenvalue weighted by Crippen LogP contribution is -2.24. The number of carbonyl (C=O) groups excluding carboxylic acids is 1. The second kappa shape index (κ2) is 3.38. The van der Waals surface area contributed by atoms with Crippen LogP contribution in [-0.4, -0.2) is 29.8 Å². The van der Waals surface area contributed by atoms with Crippen molar-refractivity contribution in [2.24, 2.45) is 4.99 Å². The Balaban J connectivity index is 2.95. The molecule has 0 aliphatic carbocycles. The molecule has 0 amide bonds. The molecule has 0 atom stereocenters. The number of ketones is 1. The van der Waals surface area contributed by atoms with Gasteiger partial charge in [-0.05, 0) is 13.8 Å². The predicted molar refractivity (Wildman–Crippen MR) is 46.3 cm³/mol. The average molecular weight is 168 g/mol. The number of nitrogens with zero attached hydrogens (tertiary/aromatic N) is 1. The molecule has 0 radical (unpaired) electrons. The van der Waals surface area contributed by atoms with Crippen LogP contribution in [-0.2, 0) is 4.79 Å². The molecule has 12 heavy (non-hydrogen) atoms. The van der Waals surface area contributed by atoms with Gasteiger partial charge < -0.3 is 10.4 Å². The lowest BCUT2D eigenvalue weighted by Gasteiger charge is -2.04. The Morgan fingerprint density at radius 2 is 2.25 bits per heavy atom. The largest absolute Gasteiger partial charge is 0.512 e. The topological polar surface area (TPSA) is 61.7 Å². The Kier molecular flexibility index (Phi) is 2.47. The molecule has 0 bridgehead atoms. The second-order valence-electron chi connectivity index (χ2n) is 2.67. The van der Waals surface area contributed by atoms with E-state index in [1.807, 2.05) is 0 Å². The molecule has 0 saturated heterocycles. The van der Waals surface area contributed by atoms with Gasteiger partial charge in [-0.3, -0.25) is 9.79 Å². The first-order chi connectivity index (χ1) is 5.63. The summed E-state index contributed by atoms with van der Waals surface area (Å²) in [6, 6.07) is 0. The number of hydrogen-bond acceptors (Lipinski definition) is 4. The van der Waals surface area contributed by atoms with Gasteiger partial charge in [0.25, 0.3) is 0 Å². The molecule has 2 N–H and O–H groups in total. The summed E-state index contributed by atoms with van der Waals surface area (Å²) in [4.78, 5) is 15.1. The zero-order valence-corrected chi connectivity index (χ0v) is 7.22. The van der Waals surface area contributed by atoms with E-state index in [1.165, 1.54) is 13.8 Å². The number of Topliss-reactive ketones (excluding diaryl/α,β-unsaturated/α-hetero) is 1. The number of aliphatic imine (C=N–C) groups is 1. The van der Waals surface area contributed by atoms with Crippen LogP contribution in [0.2, 0.25) is 0 Å². The standard InChI is InChI=1S/C8H12N2O2/c1-5(11)7(6(2)12)8-9-3-4-10-8/h11H,3-4H2,1-2H3,(H,9,10)/b7-5-. The summed E-state index contributed by atoms with van der Waals surface area (Å²) in [6.07, 6.45) is 0. The van der Waals surface area contributed by atoms with Gasteiger partial charge in [-0.1, -0.05) is 0 Å². The van der Waals surface area contributed by atoms with Crippen molar-refractivity contribution in [1.82, 2.24) is 5.32 Å². The minimum absolute atomic E-state index is 0.0238. The van der Waals surface area contributed by atoms with E-state index in [0.717, 1.165) is 6.54 Å². The van der Waals surface area contributed by atoms with Crippen molar-refractivity contribution in [2.75, 3.05) is 13.1 Å². The summed E-state index contributed by atoms with van der Waals surface area (Å²) in [7, 11) is 0. The number of carbonyl (C=O) groups is 1. The molecule has 0 aromatic heterocycles. The fourth-order valence-corrected chi connectivity index (χ4v) is 1.16. The maximum Gasteiger partial charge on any atom is 0.166 e. The average Bonchev–Trinajstić information content (AvgIpc) is 2.37. The van der Waals surface area contributed by atoms with E-state index in [0.29, 0.717) is 18.0 Å². The van der Waals surface area contributed by atoms with E-state index >= 15 is 0 Å². The normalized spacial score (nSPS) is 18.0. The molecular formula is C8H12N2O2. The van der Waals surface area contributed by atoms with Crippen LogP contribution < -0.4 is 5.32 Å². The fraction of sp³-hybridized carbons (Fsp3) is 0.500. The van der Waals surface area contributed by atoms with Crippen LogP contribution in [0.1, 0.15) is 13.8 Å². The summed E-state index contributed by atoms with van der Waals surface area (Å²) in [5, 5.41) is 12.1. The van der Waals surface area contributed by atoms with Gasteiger partial charge in [0.1, 0.15) is 11.6 Å². The maximum absolute atomic E-state index is 11.0. The van der Waals surface area contributed by atoms with Crippen molar-refractivity contribution >= 4 is 11.6 Å². The highest BCUT2D eigenvalue weighted by Gasteiger charge is 2.17. The third kappa shape index (κ3) is 1.64. The number of aliphatic hydroxyl groups is 1. The molecule has 4 nitrogen and oxygen atoms in total. The number of amidine groups is 1. The minimum atomic E-state index is -0.164. The molecule has 0 aromatic carbocycles. The molecule has 0 unspecified atom stereocenters. The quantitative estimate of drug-likeness (QED) is 0.463. The third-order valence-corrected chi connectivity index (χ3v) is 1.62. The zero-order valence-electron chi connectivity index (χ0n) is 7.22. The number of hydrogen-bond donors (Lipinski definition) is 2. The van der Waals surface area contributed by atoms with Gasteiger partial charge in [0.15, 0.2) is 5.78 Å². The Morgan fingerprint density at radius 3 is 2.58 bits per heavy atom. The van der Waals surface area contributed by atoms with Gasteiger partial charge in [0, 0.05) is 6.54 Å². The lowest BCUT2D eigenvalue weighted by atomic mass is 10.1. The fourth-order valence-electron chi connectivity index (χ4n) is 1.16. The van der Waals surface area contributed by atoms with Crippen LogP contribution in [0.3, 0.4) is 0 Å². The molecule has 0 aromatic rings. The van der Waals surface area contributed by atoms with Crippen molar-refractivity contribution in [2.45, 2.75) is 13.8 Å². The van der Waals surface area contributed by atoms with E-state index in [9.17, 15) is 9.90 Å². The Morgan fingerprint density at radius 1 is 1.58 bits per heavy atom. The van der Waals surface area contributed by atoms with Crippen molar-refractivity contribution in [3.63, 3.8) is 0 Å². The number of aliphatic hydroxyl groups excluding tert-OH is 1. The molecule has 0 spiro atoms. The van der Waals surface area contributed by atoms with Gasteiger partial charge >= 0.3 is 0 Å². The third-order valence-electron chi connectivity index (χ3n) is 1.62. The van der Waals surface area contributed by atoms with E-state index < -0.39 is 0 Å². The number of allylic oxidation sites excluding steroid dienone is 1. The van der Waals surface area contributed by atoms with Crippen LogP contribution in [0.5, 0.6) is 0 Å². The number of rotatable bonds is 2. The molecule has 4 heteroatoms. The smallest absolute Gasteiger partial charge is 0.166 e. The maximum atomic E-state index is 11.0. The highest BCUT2D eigenvalue weighted by Crippen LogP contribution is 2.06. The molecule has 0 fully saturated rings. The highest BCUT2D eigenvalue weighted by atomic mass is 16.3. The summed E-state index contributed by atoms with van der Waals surface area (Å²) in [6.45, 7) is 4.30. The van der Waals surface area contributed by atoms with Crippen LogP contribution in [0.25, 0.3) is 0 Å². The van der Waals surface area contributed by atoms with Gasteiger partial charge in [-0.15, -0.1) is 0 Å². The molecule has 1 rings (SSSR count). The molecule has 1 heterocycles. The van der Waals surface area contributed by atoms with Crippen LogP contribution in [0.15, 0.2) is 16.3 Å². The molecule has 1 aliphatic heterocycles. The van der Waals surface area contributed by atoms with Gasteiger partial charge in [-0.25, -0.2) is 0 Å². The molecular weight excluding hydrogens is 156 g/mol. The number of nitrogens with one attached hydrogen (secondary N) is 1. The van der Waals surface area contributed by atoms with Crippen molar-refractivity contribution in [3.8, 4) is 0 Å². The Hall–Kier alpha value is -1.32. The molecule has 66 valence electrons. The summed E-state index contributed by atoms with van der Waals surface area (Å²) in [5.41, 5.74) is 0.299. The van der Waals surface area contributed by atoms with E-state index in [4.69, 9.17) is 0 Å². The monoisotopic (exact) mass is 168 g/mol. The van der Waals surface area contributed by atoms with Crippen molar-refractivity contribution in [3.05, 3.63) is 11.3 Å². The van der Waals surface area contributed by atoms with Gasteiger partial charge in [0.05, 0.1) is 12.1 Å². The summed E-state index contributed by atoms with van der Waals surface area (Å²) < 4.78 is 0. The molecule has 0 saturated carbocycles. The van der Waals surface area contributed by atoms with Gasteiger partial charge in [-0.2, -0.15) is 0 Å². The second-order valence-corrected chi connectivity index (χ2v) is 2.67. The van der Waals surface area contributed by atoms with E-state index in [1.54, 1.807) is 0 Å². The Bertz CT molecular complexity index is 262.